The number of aryl methyl sites for hydroxylation is 1. The van der Waals surface area contributed by atoms with Crippen LogP contribution in [0.15, 0.2) is 47.4 Å². The first-order valence-electron chi connectivity index (χ1n) is 8.59. The Hall–Kier alpha value is -2.40. The van der Waals surface area contributed by atoms with Crippen LogP contribution in [0.4, 0.5) is 0 Å². The highest BCUT2D eigenvalue weighted by atomic mass is 16.3. The third-order valence-electron chi connectivity index (χ3n) is 4.26. The first-order chi connectivity index (χ1) is 11.9. The SMILES string of the molecule is Cc1cccc(Cn2cccc(C(=O)NC(CCO)C(C)C)c2=O)c1. The van der Waals surface area contributed by atoms with Crippen LogP contribution >= 0.6 is 0 Å². The summed E-state index contributed by atoms with van der Waals surface area (Å²) in [5.41, 5.74) is 1.95. The number of pyridine rings is 1. The van der Waals surface area contributed by atoms with Crippen LogP contribution < -0.4 is 10.9 Å². The van der Waals surface area contributed by atoms with E-state index in [1.54, 1.807) is 22.9 Å². The Morgan fingerprint density at radius 2 is 2.00 bits per heavy atom. The van der Waals surface area contributed by atoms with E-state index in [1.807, 2.05) is 45.0 Å². The van der Waals surface area contributed by atoms with Gasteiger partial charge in [0.25, 0.3) is 11.5 Å². The molecule has 25 heavy (non-hydrogen) atoms. The molecule has 1 heterocycles. The molecule has 0 aliphatic carbocycles. The third-order valence-corrected chi connectivity index (χ3v) is 4.26. The second-order valence-electron chi connectivity index (χ2n) is 6.68. The molecule has 2 rings (SSSR count). The molecule has 1 aromatic carbocycles. The second-order valence-corrected chi connectivity index (χ2v) is 6.68. The van der Waals surface area contributed by atoms with Gasteiger partial charge in [-0.15, -0.1) is 0 Å². The first-order valence-corrected chi connectivity index (χ1v) is 8.59. The molecule has 1 unspecified atom stereocenters. The van der Waals surface area contributed by atoms with Gasteiger partial charge in [-0.05, 0) is 37.0 Å². The van der Waals surface area contributed by atoms with Crippen molar-refractivity contribution in [3.63, 3.8) is 0 Å². The molecule has 0 spiro atoms. The molecule has 1 atom stereocenters. The summed E-state index contributed by atoms with van der Waals surface area (Å²) >= 11 is 0. The van der Waals surface area contributed by atoms with Crippen LogP contribution in [0.2, 0.25) is 0 Å². The van der Waals surface area contributed by atoms with E-state index in [2.05, 4.69) is 5.32 Å². The summed E-state index contributed by atoms with van der Waals surface area (Å²) in [6.07, 6.45) is 2.16. The van der Waals surface area contributed by atoms with Crippen molar-refractivity contribution in [3.05, 3.63) is 69.6 Å². The number of rotatable bonds is 7. The van der Waals surface area contributed by atoms with Crippen LogP contribution in [0.3, 0.4) is 0 Å². The maximum atomic E-state index is 12.7. The zero-order valence-corrected chi connectivity index (χ0v) is 15.0. The summed E-state index contributed by atoms with van der Waals surface area (Å²) in [4.78, 5) is 25.2. The topological polar surface area (TPSA) is 71.3 Å². The van der Waals surface area contributed by atoms with Crippen LogP contribution in [0.5, 0.6) is 0 Å². The Kier molecular flexibility index (Phi) is 6.53. The summed E-state index contributed by atoms with van der Waals surface area (Å²) in [7, 11) is 0. The summed E-state index contributed by atoms with van der Waals surface area (Å²) in [6, 6.07) is 11.0. The molecule has 0 saturated heterocycles. The van der Waals surface area contributed by atoms with Crippen molar-refractivity contribution < 1.29 is 9.90 Å². The molecule has 0 radical (unpaired) electrons. The van der Waals surface area contributed by atoms with E-state index in [4.69, 9.17) is 5.11 Å². The number of aliphatic hydroxyl groups excluding tert-OH is 1. The quantitative estimate of drug-likeness (QED) is 0.811. The van der Waals surface area contributed by atoms with Crippen molar-refractivity contribution in [2.24, 2.45) is 5.92 Å². The Morgan fingerprint density at radius 3 is 2.64 bits per heavy atom. The van der Waals surface area contributed by atoms with Gasteiger partial charge in [0.15, 0.2) is 0 Å². The molecule has 5 nitrogen and oxygen atoms in total. The number of hydrogen-bond acceptors (Lipinski definition) is 3. The van der Waals surface area contributed by atoms with E-state index in [0.717, 1.165) is 11.1 Å². The Balaban J connectivity index is 2.22. The molecule has 0 saturated carbocycles. The normalized spacial score (nSPS) is 12.2. The number of hydrogen-bond donors (Lipinski definition) is 2. The number of amides is 1. The van der Waals surface area contributed by atoms with Gasteiger partial charge in [-0.1, -0.05) is 43.7 Å². The van der Waals surface area contributed by atoms with Crippen molar-refractivity contribution in [1.82, 2.24) is 9.88 Å². The van der Waals surface area contributed by atoms with Crippen LogP contribution in [0.1, 0.15) is 41.8 Å². The minimum Gasteiger partial charge on any atom is -0.396 e. The molecular formula is C20H26N2O3. The van der Waals surface area contributed by atoms with E-state index in [-0.39, 0.29) is 29.7 Å². The smallest absolute Gasteiger partial charge is 0.263 e. The fourth-order valence-corrected chi connectivity index (χ4v) is 2.80. The number of carbonyl (C=O) groups excluding carboxylic acids is 1. The van der Waals surface area contributed by atoms with Crippen LogP contribution in [0.25, 0.3) is 0 Å². The Bertz CT molecular complexity index is 781. The summed E-state index contributed by atoms with van der Waals surface area (Å²) in [5, 5.41) is 12.0. The fraction of sp³-hybridized carbons (Fsp3) is 0.400. The van der Waals surface area contributed by atoms with E-state index in [1.165, 1.54) is 0 Å². The Morgan fingerprint density at radius 1 is 1.24 bits per heavy atom. The molecule has 2 N–H and O–H groups in total. The highest BCUT2D eigenvalue weighted by molar-refractivity contribution is 5.94. The van der Waals surface area contributed by atoms with E-state index in [0.29, 0.717) is 13.0 Å². The number of aliphatic hydroxyl groups is 1. The third kappa shape index (κ3) is 5.03. The predicted molar refractivity (Wildman–Crippen MR) is 98.8 cm³/mol. The number of carbonyl (C=O) groups is 1. The van der Waals surface area contributed by atoms with E-state index in [9.17, 15) is 9.59 Å². The number of nitrogens with one attached hydrogen (secondary N) is 1. The van der Waals surface area contributed by atoms with Gasteiger partial charge in [0.05, 0.1) is 6.54 Å². The zero-order chi connectivity index (χ0) is 18.4. The highest BCUT2D eigenvalue weighted by Crippen LogP contribution is 2.08. The lowest BCUT2D eigenvalue weighted by molar-refractivity contribution is 0.0914. The Labute approximate surface area is 148 Å². The largest absolute Gasteiger partial charge is 0.396 e. The highest BCUT2D eigenvalue weighted by Gasteiger charge is 2.19. The van der Waals surface area contributed by atoms with Gasteiger partial charge in [-0.2, -0.15) is 0 Å². The van der Waals surface area contributed by atoms with Gasteiger partial charge in [0.2, 0.25) is 0 Å². The minimum atomic E-state index is -0.393. The molecule has 5 heteroatoms. The van der Waals surface area contributed by atoms with E-state index < -0.39 is 5.91 Å². The molecule has 0 fully saturated rings. The molecule has 1 amide bonds. The van der Waals surface area contributed by atoms with E-state index >= 15 is 0 Å². The van der Waals surface area contributed by atoms with Crippen LogP contribution in [0, 0.1) is 12.8 Å². The minimum absolute atomic E-state index is 0.00446. The summed E-state index contributed by atoms with van der Waals surface area (Å²) < 4.78 is 1.54. The summed E-state index contributed by atoms with van der Waals surface area (Å²) in [6.45, 7) is 6.37. The van der Waals surface area contributed by atoms with Gasteiger partial charge in [0, 0.05) is 18.8 Å². The lowest BCUT2D eigenvalue weighted by Gasteiger charge is -2.21. The lowest BCUT2D eigenvalue weighted by Crippen LogP contribution is -2.42. The van der Waals surface area contributed by atoms with Gasteiger partial charge < -0.3 is 15.0 Å². The number of nitrogens with zero attached hydrogens (tertiary/aromatic N) is 1. The lowest BCUT2D eigenvalue weighted by atomic mass is 10.0. The molecular weight excluding hydrogens is 316 g/mol. The standard InChI is InChI=1S/C20H26N2O3/c1-14(2)18(9-11-23)21-19(24)17-8-5-10-22(20(17)25)13-16-7-4-6-15(3)12-16/h4-8,10,12,14,18,23H,9,11,13H2,1-3H3,(H,21,24). The molecule has 0 bridgehead atoms. The second kappa shape index (κ2) is 8.62. The molecule has 0 aliphatic heterocycles. The number of benzene rings is 1. The average Bonchev–Trinajstić information content (AvgIpc) is 2.56. The predicted octanol–water partition coefficient (Wildman–Crippen LogP) is 2.34. The van der Waals surface area contributed by atoms with Crippen molar-refractivity contribution >= 4 is 5.91 Å². The van der Waals surface area contributed by atoms with Crippen LogP contribution in [-0.2, 0) is 6.54 Å². The summed E-state index contributed by atoms with van der Waals surface area (Å²) in [5.74, 6) is -0.218. The maximum Gasteiger partial charge on any atom is 0.263 e. The van der Waals surface area contributed by atoms with Crippen molar-refractivity contribution in [3.8, 4) is 0 Å². The van der Waals surface area contributed by atoms with Gasteiger partial charge in [-0.3, -0.25) is 9.59 Å². The van der Waals surface area contributed by atoms with Gasteiger partial charge in [-0.25, -0.2) is 0 Å². The van der Waals surface area contributed by atoms with Crippen molar-refractivity contribution in [2.75, 3.05) is 6.61 Å². The molecule has 134 valence electrons. The maximum absolute atomic E-state index is 12.7. The molecule has 1 aromatic heterocycles. The molecule has 2 aromatic rings. The van der Waals surface area contributed by atoms with Gasteiger partial charge >= 0.3 is 0 Å². The monoisotopic (exact) mass is 342 g/mol. The zero-order valence-electron chi connectivity index (χ0n) is 15.0. The van der Waals surface area contributed by atoms with Crippen molar-refractivity contribution in [1.29, 1.82) is 0 Å². The number of aromatic nitrogens is 1. The fourth-order valence-electron chi connectivity index (χ4n) is 2.80. The first kappa shape index (κ1) is 18.9. The van der Waals surface area contributed by atoms with Gasteiger partial charge in [0.1, 0.15) is 5.56 Å². The molecule has 0 aliphatic rings. The average molecular weight is 342 g/mol. The van der Waals surface area contributed by atoms with Crippen molar-refractivity contribution in [2.45, 2.75) is 39.8 Å². The van der Waals surface area contributed by atoms with Crippen LogP contribution in [-0.4, -0.2) is 28.2 Å².